The van der Waals surface area contributed by atoms with Crippen molar-refractivity contribution in [2.24, 2.45) is 5.73 Å². The summed E-state index contributed by atoms with van der Waals surface area (Å²) in [4.78, 5) is 28.5. The van der Waals surface area contributed by atoms with Crippen molar-refractivity contribution in [2.45, 2.75) is 58.7 Å². The van der Waals surface area contributed by atoms with Crippen LogP contribution in [-0.2, 0) is 17.8 Å². The third kappa shape index (κ3) is 9.51. The lowest BCUT2D eigenvalue weighted by Gasteiger charge is -2.26. The number of hydrogen-bond acceptors (Lipinski definition) is 4. The third-order valence-corrected chi connectivity index (χ3v) is 6.74. The summed E-state index contributed by atoms with van der Waals surface area (Å²) in [5.74, 6) is 0.541. The number of aryl methyl sites for hydroxylation is 1. The molecule has 0 aromatic heterocycles. The molecule has 3 aromatic rings. The quantitative estimate of drug-likeness (QED) is 0.252. The van der Waals surface area contributed by atoms with E-state index in [2.05, 4.69) is 11.2 Å². The molecule has 6 nitrogen and oxygen atoms in total. The summed E-state index contributed by atoms with van der Waals surface area (Å²) in [7, 11) is 0. The summed E-state index contributed by atoms with van der Waals surface area (Å²) in [5.41, 5.74) is 9.88. The molecular formula is C34H39F2N3O3. The second-order valence-electron chi connectivity index (χ2n) is 10.5. The molecule has 0 aliphatic heterocycles. The van der Waals surface area contributed by atoms with Gasteiger partial charge in [0.25, 0.3) is 11.8 Å². The molecule has 222 valence electrons. The summed E-state index contributed by atoms with van der Waals surface area (Å²) in [5, 5.41) is 2.92. The highest BCUT2D eigenvalue weighted by molar-refractivity contribution is 6.00. The van der Waals surface area contributed by atoms with Gasteiger partial charge in [-0.05, 0) is 85.3 Å². The second kappa shape index (κ2) is 15.8. The SMILES string of the molecule is C#Cc1cccc(COCC(N)[C@H](Cc2cc(F)cc(F)c2)NC(=O)c2cc(C)cc(C(=O)N(CCC)CCC)c2)c1. The van der Waals surface area contributed by atoms with Gasteiger partial charge in [-0.1, -0.05) is 31.9 Å². The molecule has 0 bridgehead atoms. The van der Waals surface area contributed by atoms with Crippen LogP contribution >= 0.6 is 0 Å². The minimum Gasteiger partial charge on any atom is -0.375 e. The average Bonchev–Trinajstić information content (AvgIpc) is 2.95. The van der Waals surface area contributed by atoms with Crippen molar-refractivity contribution in [3.05, 3.63) is 106 Å². The van der Waals surface area contributed by atoms with Crippen molar-refractivity contribution < 1.29 is 23.1 Å². The van der Waals surface area contributed by atoms with E-state index in [1.165, 1.54) is 12.1 Å². The number of carbonyl (C=O) groups is 2. The van der Waals surface area contributed by atoms with E-state index in [0.29, 0.717) is 29.8 Å². The zero-order valence-corrected chi connectivity index (χ0v) is 24.5. The predicted molar refractivity (Wildman–Crippen MR) is 161 cm³/mol. The first-order chi connectivity index (χ1) is 20.1. The molecule has 1 unspecified atom stereocenters. The topological polar surface area (TPSA) is 84.7 Å². The van der Waals surface area contributed by atoms with Crippen LogP contribution in [0.4, 0.5) is 8.78 Å². The van der Waals surface area contributed by atoms with Gasteiger partial charge in [0.1, 0.15) is 11.6 Å². The molecule has 3 aromatic carbocycles. The maximum absolute atomic E-state index is 14.0. The van der Waals surface area contributed by atoms with Gasteiger partial charge in [-0.25, -0.2) is 8.78 Å². The summed E-state index contributed by atoms with van der Waals surface area (Å²) in [6.45, 7) is 7.39. The van der Waals surface area contributed by atoms with E-state index in [1.54, 1.807) is 23.1 Å². The largest absolute Gasteiger partial charge is 0.375 e. The Bertz CT molecular complexity index is 1390. The van der Waals surface area contributed by atoms with Gasteiger partial charge < -0.3 is 20.7 Å². The van der Waals surface area contributed by atoms with Crippen molar-refractivity contribution in [1.82, 2.24) is 10.2 Å². The highest BCUT2D eigenvalue weighted by Crippen LogP contribution is 2.16. The number of halogens is 2. The lowest BCUT2D eigenvalue weighted by Crippen LogP contribution is -2.51. The highest BCUT2D eigenvalue weighted by Gasteiger charge is 2.24. The molecule has 0 spiro atoms. The maximum Gasteiger partial charge on any atom is 0.253 e. The molecule has 3 N–H and O–H groups in total. The zero-order valence-electron chi connectivity index (χ0n) is 24.5. The fourth-order valence-electron chi connectivity index (χ4n) is 4.80. The molecular weight excluding hydrogens is 536 g/mol. The molecule has 0 aliphatic carbocycles. The van der Waals surface area contributed by atoms with Crippen molar-refractivity contribution in [1.29, 1.82) is 0 Å². The molecule has 0 saturated carbocycles. The molecule has 0 fully saturated rings. The van der Waals surface area contributed by atoms with Crippen molar-refractivity contribution in [3.8, 4) is 12.3 Å². The minimum atomic E-state index is -0.730. The standard InChI is InChI=1S/C34H39F2N3O3/c1-5-11-39(12-6-2)34(41)28-14-23(4)13-27(19-28)33(40)38-32(18-26-16-29(35)20-30(36)17-26)31(37)22-42-21-25-10-8-9-24(7-3)15-25/h3,8-10,13-17,19-20,31-32H,5-6,11-12,18,21-22,37H2,1-2,4H3,(H,38,40)/t31?,32-/m0/s1. The molecule has 8 heteroatoms. The van der Waals surface area contributed by atoms with Gasteiger partial charge in [0.15, 0.2) is 0 Å². The third-order valence-electron chi connectivity index (χ3n) is 6.74. The highest BCUT2D eigenvalue weighted by atomic mass is 19.1. The monoisotopic (exact) mass is 575 g/mol. The number of amides is 2. The first-order valence-electron chi connectivity index (χ1n) is 14.2. The van der Waals surface area contributed by atoms with Crippen LogP contribution in [-0.4, -0.2) is 48.5 Å². The summed E-state index contributed by atoms with van der Waals surface area (Å²) in [6.07, 6.45) is 7.18. The molecule has 3 rings (SSSR count). The fraction of sp³-hybridized carbons (Fsp3) is 0.353. The Morgan fingerprint density at radius 3 is 2.29 bits per heavy atom. The van der Waals surface area contributed by atoms with Gasteiger partial charge in [-0.15, -0.1) is 6.42 Å². The molecule has 0 saturated heterocycles. The second-order valence-corrected chi connectivity index (χ2v) is 10.5. The van der Waals surface area contributed by atoms with E-state index in [9.17, 15) is 18.4 Å². The Morgan fingerprint density at radius 2 is 1.64 bits per heavy atom. The number of carbonyl (C=O) groups excluding carboxylic acids is 2. The number of nitrogens with zero attached hydrogens (tertiary/aromatic N) is 1. The Labute approximate surface area is 247 Å². The first-order valence-corrected chi connectivity index (χ1v) is 14.2. The molecule has 42 heavy (non-hydrogen) atoms. The Morgan fingerprint density at radius 1 is 0.976 bits per heavy atom. The van der Waals surface area contributed by atoms with E-state index < -0.39 is 29.6 Å². The lowest BCUT2D eigenvalue weighted by molar-refractivity contribution is 0.0755. The van der Waals surface area contributed by atoms with Gasteiger partial charge >= 0.3 is 0 Å². The Balaban J connectivity index is 1.81. The summed E-state index contributed by atoms with van der Waals surface area (Å²) < 4.78 is 33.8. The minimum absolute atomic E-state index is 0.0591. The predicted octanol–water partition coefficient (Wildman–Crippen LogP) is 5.40. The smallest absolute Gasteiger partial charge is 0.253 e. The Hall–Kier alpha value is -4.06. The maximum atomic E-state index is 14.0. The van der Waals surface area contributed by atoms with Crippen LogP contribution in [0.3, 0.4) is 0 Å². The van der Waals surface area contributed by atoms with Gasteiger partial charge in [0.05, 0.1) is 19.3 Å². The van der Waals surface area contributed by atoms with Crippen molar-refractivity contribution in [2.75, 3.05) is 19.7 Å². The summed E-state index contributed by atoms with van der Waals surface area (Å²) in [6, 6.07) is 14.1. The van der Waals surface area contributed by atoms with Crippen LogP contribution in [0.25, 0.3) is 0 Å². The molecule has 0 aliphatic rings. The first kappa shape index (κ1) is 32.5. The van der Waals surface area contributed by atoms with E-state index >= 15 is 0 Å². The van der Waals surface area contributed by atoms with Crippen LogP contribution < -0.4 is 11.1 Å². The van der Waals surface area contributed by atoms with Crippen LogP contribution in [0.15, 0.2) is 60.7 Å². The van der Waals surface area contributed by atoms with Crippen LogP contribution in [0, 0.1) is 30.9 Å². The number of terminal acetylenes is 1. The van der Waals surface area contributed by atoms with Crippen molar-refractivity contribution >= 4 is 11.8 Å². The number of hydrogen-bond donors (Lipinski definition) is 2. The van der Waals surface area contributed by atoms with Gasteiger partial charge in [0, 0.05) is 41.9 Å². The molecule has 0 heterocycles. The Kier molecular flexibility index (Phi) is 12.2. The normalized spacial score (nSPS) is 12.3. The number of ether oxygens (including phenoxy) is 1. The van der Waals surface area contributed by atoms with E-state index in [1.807, 2.05) is 45.0 Å². The summed E-state index contributed by atoms with van der Waals surface area (Å²) >= 11 is 0. The average molecular weight is 576 g/mol. The van der Waals surface area contributed by atoms with Gasteiger partial charge in [-0.2, -0.15) is 0 Å². The van der Waals surface area contributed by atoms with Crippen LogP contribution in [0.5, 0.6) is 0 Å². The molecule has 2 amide bonds. The zero-order chi connectivity index (χ0) is 30.6. The van der Waals surface area contributed by atoms with Crippen LogP contribution in [0.1, 0.15) is 69.7 Å². The van der Waals surface area contributed by atoms with E-state index in [4.69, 9.17) is 16.9 Å². The fourth-order valence-corrected chi connectivity index (χ4v) is 4.80. The van der Waals surface area contributed by atoms with E-state index in [0.717, 1.165) is 35.6 Å². The van der Waals surface area contributed by atoms with E-state index in [-0.39, 0.29) is 25.5 Å². The molecule has 2 atom stereocenters. The number of rotatable bonds is 14. The lowest BCUT2D eigenvalue weighted by atomic mass is 9.98. The number of benzene rings is 3. The van der Waals surface area contributed by atoms with Gasteiger partial charge in [0.2, 0.25) is 0 Å². The van der Waals surface area contributed by atoms with Crippen LogP contribution in [0.2, 0.25) is 0 Å². The van der Waals surface area contributed by atoms with Crippen molar-refractivity contribution in [3.63, 3.8) is 0 Å². The number of nitrogens with two attached hydrogens (primary N) is 1. The van der Waals surface area contributed by atoms with Gasteiger partial charge in [-0.3, -0.25) is 9.59 Å². The number of nitrogens with one attached hydrogen (secondary N) is 1. The molecule has 0 radical (unpaired) electrons.